The summed E-state index contributed by atoms with van der Waals surface area (Å²) in [7, 11) is 0. The van der Waals surface area contributed by atoms with E-state index in [1.807, 2.05) is 0 Å². The number of nitrogens with zero attached hydrogens (tertiary/aromatic N) is 4. The standard InChI is InChI=1S/C16H10F3N5O2/c17-16(18,19)14-3-5-21-15(23-14)22-12-6-11(7-13(8-12)24(25)26)10-2-1-4-20-9-10/h1-9H,(H,21,22,23). The second kappa shape index (κ2) is 6.75. The lowest BCUT2D eigenvalue weighted by Crippen LogP contribution is -2.10. The van der Waals surface area contributed by atoms with Crippen LogP contribution in [0.2, 0.25) is 0 Å². The Balaban J connectivity index is 2.00. The lowest BCUT2D eigenvalue weighted by molar-refractivity contribution is -0.384. The predicted molar refractivity (Wildman–Crippen MR) is 86.6 cm³/mol. The summed E-state index contributed by atoms with van der Waals surface area (Å²) in [6, 6.07) is 8.17. The van der Waals surface area contributed by atoms with Crippen LogP contribution in [0.3, 0.4) is 0 Å². The maximum absolute atomic E-state index is 12.7. The second-order valence-corrected chi connectivity index (χ2v) is 5.16. The molecule has 2 heterocycles. The Morgan fingerprint density at radius 2 is 1.88 bits per heavy atom. The number of hydrogen-bond donors (Lipinski definition) is 1. The van der Waals surface area contributed by atoms with Crippen LogP contribution >= 0.6 is 0 Å². The molecule has 7 nitrogen and oxygen atoms in total. The first kappa shape index (κ1) is 17.3. The largest absolute Gasteiger partial charge is 0.433 e. The zero-order chi connectivity index (χ0) is 18.7. The van der Waals surface area contributed by atoms with E-state index in [9.17, 15) is 23.3 Å². The van der Waals surface area contributed by atoms with Gasteiger partial charge >= 0.3 is 6.18 Å². The van der Waals surface area contributed by atoms with Gasteiger partial charge in [-0.15, -0.1) is 0 Å². The maximum atomic E-state index is 12.7. The second-order valence-electron chi connectivity index (χ2n) is 5.16. The van der Waals surface area contributed by atoms with Gasteiger partial charge in [-0.3, -0.25) is 15.1 Å². The fraction of sp³-hybridized carbons (Fsp3) is 0.0625. The number of benzene rings is 1. The highest BCUT2D eigenvalue weighted by Crippen LogP contribution is 2.31. The van der Waals surface area contributed by atoms with E-state index < -0.39 is 16.8 Å². The van der Waals surface area contributed by atoms with E-state index in [4.69, 9.17) is 0 Å². The summed E-state index contributed by atoms with van der Waals surface area (Å²) in [6.45, 7) is 0. The van der Waals surface area contributed by atoms with Crippen molar-refractivity contribution in [1.29, 1.82) is 0 Å². The van der Waals surface area contributed by atoms with Crippen molar-refractivity contribution >= 4 is 17.3 Å². The molecule has 0 spiro atoms. The Morgan fingerprint density at radius 3 is 2.54 bits per heavy atom. The Kier molecular flexibility index (Phi) is 4.48. The molecule has 3 rings (SSSR count). The number of non-ortho nitro benzene ring substituents is 1. The Hall–Kier alpha value is -3.56. The van der Waals surface area contributed by atoms with Crippen molar-refractivity contribution < 1.29 is 18.1 Å². The molecule has 10 heteroatoms. The lowest BCUT2D eigenvalue weighted by Gasteiger charge is -2.10. The minimum atomic E-state index is -4.62. The van der Waals surface area contributed by atoms with Crippen molar-refractivity contribution in [3.8, 4) is 11.1 Å². The summed E-state index contributed by atoms with van der Waals surface area (Å²) >= 11 is 0. The van der Waals surface area contributed by atoms with Gasteiger partial charge in [-0.05, 0) is 23.8 Å². The summed E-state index contributed by atoms with van der Waals surface area (Å²) in [6.07, 6.45) is -0.597. The minimum Gasteiger partial charge on any atom is -0.324 e. The molecule has 3 aromatic rings. The van der Waals surface area contributed by atoms with Crippen LogP contribution in [0.15, 0.2) is 55.0 Å². The number of aromatic nitrogens is 3. The zero-order valence-corrected chi connectivity index (χ0v) is 12.9. The molecule has 0 saturated carbocycles. The molecule has 0 fully saturated rings. The topological polar surface area (TPSA) is 93.8 Å². The van der Waals surface area contributed by atoms with Crippen LogP contribution in [0.4, 0.5) is 30.5 Å². The van der Waals surface area contributed by atoms with Crippen LogP contribution in [0.1, 0.15) is 5.69 Å². The molecule has 0 saturated heterocycles. The van der Waals surface area contributed by atoms with Gasteiger partial charge in [0.2, 0.25) is 5.95 Å². The number of nitrogens with one attached hydrogen (secondary N) is 1. The highest BCUT2D eigenvalue weighted by atomic mass is 19.4. The highest BCUT2D eigenvalue weighted by Gasteiger charge is 2.32. The van der Waals surface area contributed by atoms with E-state index in [0.717, 1.165) is 12.3 Å². The molecule has 26 heavy (non-hydrogen) atoms. The smallest absolute Gasteiger partial charge is 0.324 e. The Morgan fingerprint density at radius 1 is 1.08 bits per heavy atom. The molecule has 0 bridgehead atoms. The minimum absolute atomic E-state index is 0.178. The predicted octanol–water partition coefficient (Wildman–Crippen LogP) is 4.21. The van der Waals surface area contributed by atoms with Gasteiger partial charge in [0.25, 0.3) is 5.69 Å². The maximum Gasteiger partial charge on any atom is 0.433 e. The number of hydrogen-bond acceptors (Lipinski definition) is 6. The number of rotatable bonds is 4. The van der Waals surface area contributed by atoms with Crippen LogP contribution in [-0.4, -0.2) is 19.9 Å². The first-order valence-corrected chi connectivity index (χ1v) is 7.20. The van der Waals surface area contributed by atoms with Crippen molar-refractivity contribution in [2.24, 2.45) is 0 Å². The van der Waals surface area contributed by atoms with Gasteiger partial charge in [0.1, 0.15) is 5.69 Å². The third-order valence-corrected chi connectivity index (χ3v) is 3.33. The molecular formula is C16H10F3N5O2. The number of anilines is 2. The molecule has 1 N–H and O–H groups in total. The first-order valence-electron chi connectivity index (χ1n) is 7.20. The third kappa shape index (κ3) is 3.91. The van der Waals surface area contributed by atoms with Gasteiger partial charge in [0.05, 0.1) is 4.92 Å². The molecule has 0 aliphatic rings. The van der Waals surface area contributed by atoms with E-state index >= 15 is 0 Å². The Labute approximate surface area is 144 Å². The van der Waals surface area contributed by atoms with Crippen molar-refractivity contribution in [1.82, 2.24) is 15.0 Å². The molecule has 0 atom stereocenters. The average molecular weight is 361 g/mol. The summed E-state index contributed by atoms with van der Waals surface area (Å²) in [5, 5.41) is 13.7. The summed E-state index contributed by atoms with van der Waals surface area (Å²) in [5.41, 5.74) is -0.0860. The highest BCUT2D eigenvalue weighted by molar-refractivity contribution is 5.72. The normalized spacial score (nSPS) is 11.2. The third-order valence-electron chi connectivity index (χ3n) is 3.33. The Bertz CT molecular complexity index is 948. The fourth-order valence-electron chi connectivity index (χ4n) is 2.19. The molecular weight excluding hydrogens is 351 g/mol. The van der Waals surface area contributed by atoms with E-state index in [2.05, 4.69) is 20.3 Å². The molecule has 132 valence electrons. The van der Waals surface area contributed by atoms with Crippen molar-refractivity contribution in [2.45, 2.75) is 6.18 Å². The van der Waals surface area contributed by atoms with Crippen LogP contribution in [0.25, 0.3) is 11.1 Å². The van der Waals surface area contributed by atoms with Gasteiger partial charge < -0.3 is 5.32 Å². The van der Waals surface area contributed by atoms with Gasteiger partial charge in [0, 0.05) is 42.0 Å². The quantitative estimate of drug-likeness (QED) is 0.553. The molecule has 0 aliphatic carbocycles. The van der Waals surface area contributed by atoms with Crippen LogP contribution in [-0.2, 0) is 6.18 Å². The van der Waals surface area contributed by atoms with Crippen LogP contribution in [0, 0.1) is 10.1 Å². The van der Waals surface area contributed by atoms with Crippen LogP contribution < -0.4 is 5.32 Å². The summed E-state index contributed by atoms with van der Waals surface area (Å²) < 4.78 is 38.2. The van der Waals surface area contributed by atoms with Crippen LogP contribution in [0.5, 0.6) is 0 Å². The molecule has 1 aromatic carbocycles. The van der Waals surface area contributed by atoms with E-state index in [0.29, 0.717) is 11.1 Å². The number of pyridine rings is 1. The number of nitro benzene ring substituents is 1. The monoisotopic (exact) mass is 361 g/mol. The van der Waals surface area contributed by atoms with Gasteiger partial charge in [-0.2, -0.15) is 13.2 Å². The van der Waals surface area contributed by atoms with Crippen molar-refractivity contribution in [3.05, 3.63) is 70.8 Å². The molecule has 0 amide bonds. The van der Waals surface area contributed by atoms with E-state index in [-0.39, 0.29) is 17.3 Å². The average Bonchev–Trinajstić information content (AvgIpc) is 2.61. The zero-order valence-electron chi connectivity index (χ0n) is 12.9. The van der Waals surface area contributed by atoms with Gasteiger partial charge in [-0.1, -0.05) is 6.07 Å². The summed E-state index contributed by atoms with van der Waals surface area (Å²) in [5.74, 6) is -0.322. The molecule has 0 unspecified atom stereocenters. The number of halogens is 3. The van der Waals surface area contributed by atoms with E-state index in [1.54, 1.807) is 18.3 Å². The van der Waals surface area contributed by atoms with Crippen molar-refractivity contribution in [2.75, 3.05) is 5.32 Å². The number of nitro groups is 1. The van der Waals surface area contributed by atoms with Crippen molar-refractivity contribution in [3.63, 3.8) is 0 Å². The first-order chi connectivity index (χ1) is 12.3. The molecule has 0 aliphatic heterocycles. The fourth-order valence-corrected chi connectivity index (χ4v) is 2.19. The molecule has 0 radical (unpaired) electrons. The SMILES string of the molecule is O=[N+]([O-])c1cc(Nc2nccc(C(F)(F)F)n2)cc(-c2cccnc2)c1. The van der Waals surface area contributed by atoms with Gasteiger partial charge in [-0.25, -0.2) is 9.97 Å². The summed E-state index contributed by atoms with van der Waals surface area (Å²) in [4.78, 5) is 21.6. The number of alkyl halides is 3. The van der Waals surface area contributed by atoms with E-state index in [1.165, 1.54) is 24.4 Å². The molecule has 2 aromatic heterocycles. The lowest BCUT2D eigenvalue weighted by atomic mass is 10.1. The van der Waals surface area contributed by atoms with Gasteiger partial charge in [0.15, 0.2) is 0 Å².